The highest BCUT2D eigenvalue weighted by atomic mass is 19.4. The highest BCUT2D eigenvalue weighted by molar-refractivity contribution is 5.99. The molecule has 0 aliphatic carbocycles. The molecule has 1 aromatic rings. The molecule has 19 heavy (non-hydrogen) atoms. The number of carbonyl (C=O) groups is 2. The summed E-state index contributed by atoms with van der Waals surface area (Å²) in [7, 11) is 0. The van der Waals surface area contributed by atoms with E-state index in [4.69, 9.17) is 5.11 Å². The average Bonchev–Trinajstić information content (AvgIpc) is 2.55. The van der Waals surface area contributed by atoms with Crippen LogP contribution in [-0.2, 0) is 11.0 Å². The second kappa shape index (κ2) is 4.90. The number of amides is 1. The van der Waals surface area contributed by atoms with Crippen molar-refractivity contribution in [1.29, 1.82) is 0 Å². The number of aromatic nitrogens is 2. The van der Waals surface area contributed by atoms with E-state index in [0.717, 1.165) is 11.6 Å². The lowest BCUT2D eigenvalue weighted by Gasteiger charge is -2.08. The summed E-state index contributed by atoms with van der Waals surface area (Å²) in [6.45, 7) is 3.95. The maximum Gasteiger partial charge on any atom is 0.437 e. The summed E-state index contributed by atoms with van der Waals surface area (Å²) in [6, 6.07) is -0.602. The fourth-order valence-corrected chi connectivity index (χ4v) is 1.51. The van der Waals surface area contributed by atoms with Gasteiger partial charge in [0.05, 0.1) is 0 Å². The molecule has 0 fully saturated rings. The Morgan fingerprint density at radius 2 is 1.89 bits per heavy atom. The Morgan fingerprint density at radius 3 is 2.21 bits per heavy atom. The number of nitrogens with zero attached hydrogens (tertiary/aromatic N) is 2. The van der Waals surface area contributed by atoms with Gasteiger partial charge >= 0.3 is 12.1 Å². The second-order valence-electron chi connectivity index (χ2n) is 4.09. The Kier molecular flexibility index (Phi) is 3.87. The fraction of sp³-hybridized carbons (Fsp3) is 0.500. The first-order valence-electron chi connectivity index (χ1n) is 5.26. The van der Waals surface area contributed by atoms with Crippen LogP contribution in [0.2, 0.25) is 0 Å². The maximum atomic E-state index is 12.8. The summed E-state index contributed by atoms with van der Waals surface area (Å²) in [4.78, 5) is 22.0. The van der Waals surface area contributed by atoms with Crippen LogP contribution >= 0.6 is 0 Å². The number of carboxylic acid groups (broad SMARTS) is 1. The number of alkyl halides is 3. The van der Waals surface area contributed by atoms with E-state index < -0.39 is 41.2 Å². The monoisotopic (exact) mass is 279 g/mol. The number of anilines is 1. The van der Waals surface area contributed by atoms with E-state index in [1.54, 1.807) is 0 Å². The van der Waals surface area contributed by atoms with Crippen LogP contribution in [0, 0.1) is 0 Å². The van der Waals surface area contributed by atoms with E-state index in [-0.39, 0.29) is 0 Å². The number of carboxylic acids is 1. The Balaban J connectivity index is 3.60. The Hall–Kier alpha value is -2.06. The topological polar surface area (TPSA) is 84.2 Å². The van der Waals surface area contributed by atoms with E-state index in [1.165, 1.54) is 13.8 Å². The summed E-state index contributed by atoms with van der Waals surface area (Å²) in [6.07, 6.45) is -4.86. The summed E-state index contributed by atoms with van der Waals surface area (Å²) >= 11 is 0. The first-order valence-corrected chi connectivity index (χ1v) is 5.26. The first kappa shape index (κ1) is 15.0. The van der Waals surface area contributed by atoms with Crippen LogP contribution in [0.3, 0.4) is 0 Å². The number of nitrogens with one attached hydrogen (secondary N) is 1. The van der Waals surface area contributed by atoms with Crippen LogP contribution < -0.4 is 5.32 Å². The smallest absolute Gasteiger partial charge is 0.437 e. The molecule has 106 valence electrons. The Bertz CT molecular complexity index is 520. The number of hydrogen-bond acceptors (Lipinski definition) is 3. The zero-order valence-electron chi connectivity index (χ0n) is 10.4. The maximum absolute atomic E-state index is 12.8. The van der Waals surface area contributed by atoms with Crippen LogP contribution in [0.25, 0.3) is 0 Å². The molecule has 9 heteroatoms. The van der Waals surface area contributed by atoms with Crippen molar-refractivity contribution in [3.05, 3.63) is 11.4 Å². The molecule has 1 aromatic heterocycles. The zero-order chi connectivity index (χ0) is 15.0. The van der Waals surface area contributed by atoms with Gasteiger partial charge < -0.3 is 10.4 Å². The molecule has 6 nitrogen and oxygen atoms in total. The number of carbonyl (C=O) groups excluding carboxylic acids is 1. The van der Waals surface area contributed by atoms with Crippen LogP contribution in [0.1, 0.15) is 43.0 Å². The van der Waals surface area contributed by atoms with Crippen LogP contribution in [0.15, 0.2) is 0 Å². The standard InChI is InChI=1S/C10H12F3N3O3/c1-4(2)16-7(9(18)19)6(14-5(3)17)8(15-16)10(11,12)13/h4H,1-3H3,(H,14,17)(H,18,19). The third-order valence-corrected chi connectivity index (χ3v) is 2.17. The largest absolute Gasteiger partial charge is 0.476 e. The Labute approximate surface area is 106 Å². The van der Waals surface area contributed by atoms with Crippen LogP contribution in [-0.4, -0.2) is 26.8 Å². The summed E-state index contributed by atoms with van der Waals surface area (Å²) in [5.74, 6) is -2.41. The minimum absolute atomic E-state index is 0.602. The first-order chi connectivity index (χ1) is 8.55. The molecule has 0 aliphatic heterocycles. The van der Waals surface area contributed by atoms with Gasteiger partial charge in [0.2, 0.25) is 5.91 Å². The number of aromatic carboxylic acids is 1. The van der Waals surface area contributed by atoms with Crippen LogP contribution in [0.5, 0.6) is 0 Å². The number of halogens is 3. The molecular weight excluding hydrogens is 267 g/mol. The average molecular weight is 279 g/mol. The molecule has 0 saturated carbocycles. The van der Waals surface area contributed by atoms with Crippen molar-refractivity contribution in [2.24, 2.45) is 0 Å². The van der Waals surface area contributed by atoms with Gasteiger partial charge in [-0.3, -0.25) is 9.48 Å². The number of rotatable bonds is 3. The molecule has 0 saturated heterocycles. The summed E-state index contributed by atoms with van der Waals surface area (Å²) < 4.78 is 39.1. The van der Waals surface area contributed by atoms with Gasteiger partial charge in [0, 0.05) is 13.0 Å². The lowest BCUT2D eigenvalue weighted by atomic mass is 10.2. The molecule has 0 aromatic carbocycles. The van der Waals surface area contributed by atoms with Gasteiger partial charge in [0.25, 0.3) is 0 Å². The van der Waals surface area contributed by atoms with Crippen molar-refractivity contribution < 1.29 is 27.9 Å². The van der Waals surface area contributed by atoms with Crippen molar-refractivity contribution in [2.75, 3.05) is 5.32 Å². The van der Waals surface area contributed by atoms with Gasteiger partial charge in [-0.05, 0) is 13.8 Å². The van der Waals surface area contributed by atoms with Gasteiger partial charge in [0.15, 0.2) is 11.4 Å². The normalized spacial score (nSPS) is 11.7. The highest BCUT2D eigenvalue weighted by Gasteiger charge is 2.41. The molecule has 1 rings (SSSR count). The molecule has 0 unspecified atom stereocenters. The van der Waals surface area contributed by atoms with E-state index in [1.807, 2.05) is 5.32 Å². The Morgan fingerprint density at radius 1 is 1.37 bits per heavy atom. The van der Waals surface area contributed by atoms with Gasteiger partial charge in [-0.2, -0.15) is 18.3 Å². The predicted molar refractivity (Wildman–Crippen MR) is 58.9 cm³/mol. The SMILES string of the molecule is CC(=O)Nc1c(C(F)(F)F)nn(C(C)C)c1C(=O)O. The highest BCUT2D eigenvalue weighted by Crippen LogP contribution is 2.37. The molecule has 0 atom stereocenters. The van der Waals surface area contributed by atoms with Gasteiger partial charge in [-0.25, -0.2) is 4.79 Å². The van der Waals surface area contributed by atoms with E-state index in [9.17, 15) is 22.8 Å². The molecule has 0 bridgehead atoms. The van der Waals surface area contributed by atoms with E-state index in [0.29, 0.717) is 0 Å². The summed E-state index contributed by atoms with van der Waals surface area (Å²) in [5, 5.41) is 14.1. The quantitative estimate of drug-likeness (QED) is 0.887. The molecule has 1 amide bonds. The van der Waals surface area contributed by atoms with Crippen molar-refractivity contribution >= 4 is 17.6 Å². The van der Waals surface area contributed by atoms with Crippen molar-refractivity contribution in [2.45, 2.75) is 33.0 Å². The lowest BCUT2D eigenvalue weighted by molar-refractivity contribution is -0.140. The predicted octanol–water partition coefficient (Wildman–Crippen LogP) is 2.14. The molecule has 0 aliphatic rings. The molecule has 2 N–H and O–H groups in total. The minimum atomic E-state index is -4.86. The molecule has 0 radical (unpaired) electrons. The zero-order valence-corrected chi connectivity index (χ0v) is 10.4. The third-order valence-electron chi connectivity index (χ3n) is 2.17. The lowest BCUT2D eigenvalue weighted by Crippen LogP contribution is -2.16. The molecule has 0 spiro atoms. The van der Waals surface area contributed by atoms with Gasteiger partial charge in [-0.1, -0.05) is 0 Å². The van der Waals surface area contributed by atoms with Crippen molar-refractivity contribution in [3.63, 3.8) is 0 Å². The molecular formula is C10H12F3N3O3. The molecule has 1 heterocycles. The fourth-order valence-electron chi connectivity index (χ4n) is 1.51. The van der Waals surface area contributed by atoms with E-state index in [2.05, 4.69) is 5.10 Å². The van der Waals surface area contributed by atoms with Crippen LogP contribution in [0.4, 0.5) is 18.9 Å². The van der Waals surface area contributed by atoms with Crippen molar-refractivity contribution in [1.82, 2.24) is 9.78 Å². The minimum Gasteiger partial charge on any atom is -0.476 e. The van der Waals surface area contributed by atoms with E-state index >= 15 is 0 Å². The number of hydrogen-bond donors (Lipinski definition) is 2. The van der Waals surface area contributed by atoms with Crippen molar-refractivity contribution in [3.8, 4) is 0 Å². The third kappa shape index (κ3) is 3.04. The second-order valence-corrected chi connectivity index (χ2v) is 4.09. The van der Waals surface area contributed by atoms with Gasteiger partial charge in [0.1, 0.15) is 5.69 Å². The summed E-state index contributed by atoms with van der Waals surface area (Å²) in [5.41, 5.74) is -2.95. The van der Waals surface area contributed by atoms with Gasteiger partial charge in [-0.15, -0.1) is 0 Å².